The topological polar surface area (TPSA) is 34.1 Å². The van der Waals surface area contributed by atoms with Gasteiger partial charge in [0.1, 0.15) is 0 Å². The SMILES string of the molecule is CC(C)COCCN[C@H](C)c1ccncc1. The summed E-state index contributed by atoms with van der Waals surface area (Å²) in [5, 5.41) is 3.42. The van der Waals surface area contributed by atoms with Crippen LogP contribution >= 0.6 is 0 Å². The van der Waals surface area contributed by atoms with Gasteiger partial charge in [0.25, 0.3) is 0 Å². The number of pyridine rings is 1. The molecular weight excluding hydrogens is 200 g/mol. The lowest BCUT2D eigenvalue weighted by Gasteiger charge is -2.14. The van der Waals surface area contributed by atoms with Gasteiger partial charge in [-0.1, -0.05) is 13.8 Å². The van der Waals surface area contributed by atoms with Crippen molar-refractivity contribution in [3.05, 3.63) is 30.1 Å². The fraction of sp³-hybridized carbons (Fsp3) is 0.615. The number of rotatable bonds is 7. The van der Waals surface area contributed by atoms with Gasteiger partial charge in [-0.2, -0.15) is 0 Å². The van der Waals surface area contributed by atoms with Gasteiger partial charge in [-0.3, -0.25) is 4.98 Å². The van der Waals surface area contributed by atoms with Gasteiger partial charge >= 0.3 is 0 Å². The van der Waals surface area contributed by atoms with Crippen LogP contribution in [0.1, 0.15) is 32.4 Å². The van der Waals surface area contributed by atoms with Crippen molar-refractivity contribution in [3.63, 3.8) is 0 Å². The largest absolute Gasteiger partial charge is 0.380 e. The molecule has 0 saturated carbocycles. The molecule has 0 amide bonds. The molecule has 0 aliphatic rings. The first kappa shape index (κ1) is 13.1. The second-order valence-corrected chi connectivity index (χ2v) is 4.43. The van der Waals surface area contributed by atoms with Crippen LogP contribution in [0.4, 0.5) is 0 Å². The van der Waals surface area contributed by atoms with Crippen LogP contribution in [0.25, 0.3) is 0 Å². The second kappa shape index (κ2) is 7.36. The molecule has 1 N–H and O–H groups in total. The molecule has 0 aliphatic heterocycles. The van der Waals surface area contributed by atoms with Crippen molar-refractivity contribution in [1.29, 1.82) is 0 Å². The third kappa shape index (κ3) is 5.24. The molecule has 0 fully saturated rings. The highest BCUT2D eigenvalue weighted by atomic mass is 16.5. The van der Waals surface area contributed by atoms with Crippen LogP contribution in [0, 0.1) is 5.92 Å². The van der Waals surface area contributed by atoms with Gasteiger partial charge in [0.05, 0.1) is 6.61 Å². The standard InChI is InChI=1S/C13H22N2O/c1-11(2)10-16-9-8-15-12(3)13-4-6-14-7-5-13/h4-7,11-12,15H,8-10H2,1-3H3/t12-/m1/s1. The van der Waals surface area contributed by atoms with E-state index in [1.54, 1.807) is 0 Å². The zero-order valence-corrected chi connectivity index (χ0v) is 10.4. The first-order valence-corrected chi connectivity index (χ1v) is 5.91. The molecule has 0 aliphatic carbocycles. The summed E-state index contributed by atoms with van der Waals surface area (Å²) in [6.45, 7) is 8.97. The molecule has 0 aromatic carbocycles. The smallest absolute Gasteiger partial charge is 0.0591 e. The molecule has 0 unspecified atom stereocenters. The van der Waals surface area contributed by atoms with Crippen LogP contribution in [0.2, 0.25) is 0 Å². The van der Waals surface area contributed by atoms with Crippen molar-refractivity contribution >= 4 is 0 Å². The first-order valence-electron chi connectivity index (χ1n) is 5.91. The highest BCUT2D eigenvalue weighted by molar-refractivity contribution is 5.13. The highest BCUT2D eigenvalue weighted by Crippen LogP contribution is 2.09. The van der Waals surface area contributed by atoms with Gasteiger partial charge in [0.15, 0.2) is 0 Å². The number of hydrogen-bond acceptors (Lipinski definition) is 3. The van der Waals surface area contributed by atoms with E-state index in [9.17, 15) is 0 Å². The molecule has 90 valence electrons. The lowest BCUT2D eigenvalue weighted by Crippen LogP contribution is -2.23. The molecule has 3 heteroatoms. The van der Waals surface area contributed by atoms with Crippen LogP contribution in [0.15, 0.2) is 24.5 Å². The molecule has 1 heterocycles. The number of nitrogens with one attached hydrogen (secondary N) is 1. The summed E-state index contributed by atoms with van der Waals surface area (Å²) in [4.78, 5) is 4.00. The van der Waals surface area contributed by atoms with Gasteiger partial charge in [-0.15, -0.1) is 0 Å². The summed E-state index contributed by atoms with van der Waals surface area (Å²) in [6.07, 6.45) is 3.64. The fourth-order valence-electron chi connectivity index (χ4n) is 1.44. The molecule has 1 aromatic rings. The summed E-state index contributed by atoms with van der Waals surface area (Å²) < 4.78 is 5.51. The molecule has 3 nitrogen and oxygen atoms in total. The fourth-order valence-corrected chi connectivity index (χ4v) is 1.44. The molecule has 0 saturated heterocycles. The normalized spacial score (nSPS) is 13.0. The van der Waals surface area contributed by atoms with Crippen molar-refractivity contribution in [2.75, 3.05) is 19.8 Å². The predicted octanol–water partition coefficient (Wildman–Crippen LogP) is 2.40. The average Bonchev–Trinajstić information content (AvgIpc) is 2.29. The summed E-state index contributed by atoms with van der Waals surface area (Å²) >= 11 is 0. The van der Waals surface area contributed by atoms with E-state index in [2.05, 4.69) is 31.1 Å². The van der Waals surface area contributed by atoms with E-state index in [0.717, 1.165) is 19.8 Å². The van der Waals surface area contributed by atoms with Crippen molar-refractivity contribution in [1.82, 2.24) is 10.3 Å². The van der Waals surface area contributed by atoms with Gasteiger partial charge in [-0.05, 0) is 30.5 Å². The summed E-state index contributed by atoms with van der Waals surface area (Å²) in [7, 11) is 0. The van der Waals surface area contributed by atoms with Gasteiger partial charge in [-0.25, -0.2) is 0 Å². The number of nitrogens with zero attached hydrogens (tertiary/aromatic N) is 1. The van der Waals surface area contributed by atoms with Gasteiger partial charge in [0.2, 0.25) is 0 Å². The Hall–Kier alpha value is -0.930. The molecular formula is C13H22N2O. The zero-order valence-electron chi connectivity index (χ0n) is 10.4. The van der Waals surface area contributed by atoms with Crippen LogP contribution < -0.4 is 5.32 Å². The van der Waals surface area contributed by atoms with Crippen LogP contribution in [0.3, 0.4) is 0 Å². The van der Waals surface area contributed by atoms with Crippen molar-refractivity contribution in [2.24, 2.45) is 5.92 Å². The molecule has 1 atom stereocenters. The van der Waals surface area contributed by atoms with E-state index in [0.29, 0.717) is 12.0 Å². The third-order valence-electron chi connectivity index (χ3n) is 2.35. The van der Waals surface area contributed by atoms with E-state index in [1.165, 1.54) is 5.56 Å². The van der Waals surface area contributed by atoms with E-state index in [-0.39, 0.29) is 0 Å². The number of hydrogen-bond donors (Lipinski definition) is 1. The van der Waals surface area contributed by atoms with Crippen molar-refractivity contribution < 1.29 is 4.74 Å². The maximum atomic E-state index is 5.51. The minimum atomic E-state index is 0.352. The maximum absolute atomic E-state index is 5.51. The third-order valence-corrected chi connectivity index (χ3v) is 2.35. The molecule has 1 aromatic heterocycles. The predicted molar refractivity (Wildman–Crippen MR) is 66.3 cm³/mol. The molecule has 0 bridgehead atoms. The molecule has 0 radical (unpaired) electrons. The van der Waals surface area contributed by atoms with E-state index in [1.807, 2.05) is 24.5 Å². The summed E-state index contributed by atoms with van der Waals surface area (Å²) in [5.74, 6) is 0.609. The monoisotopic (exact) mass is 222 g/mol. The van der Waals surface area contributed by atoms with Crippen LogP contribution in [0.5, 0.6) is 0 Å². The summed E-state index contributed by atoms with van der Waals surface area (Å²) in [5.41, 5.74) is 1.26. The Morgan fingerprint density at radius 1 is 1.25 bits per heavy atom. The number of ether oxygens (including phenoxy) is 1. The minimum Gasteiger partial charge on any atom is -0.380 e. The Bertz CT molecular complexity index is 275. The molecule has 16 heavy (non-hydrogen) atoms. The second-order valence-electron chi connectivity index (χ2n) is 4.43. The maximum Gasteiger partial charge on any atom is 0.0591 e. The van der Waals surface area contributed by atoms with Gasteiger partial charge < -0.3 is 10.1 Å². The Morgan fingerprint density at radius 3 is 2.56 bits per heavy atom. The average molecular weight is 222 g/mol. The van der Waals surface area contributed by atoms with E-state index in [4.69, 9.17) is 4.74 Å². The Kier molecular flexibility index (Phi) is 6.04. The molecule has 0 spiro atoms. The Balaban J connectivity index is 2.14. The minimum absolute atomic E-state index is 0.352. The Labute approximate surface area is 98.2 Å². The highest BCUT2D eigenvalue weighted by Gasteiger charge is 2.03. The van der Waals surface area contributed by atoms with Gasteiger partial charge in [0, 0.05) is 31.6 Å². The van der Waals surface area contributed by atoms with Crippen LogP contribution in [-0.4, -0.2) is 24.7 Å². The Morgan fingerprint density at radius 2 is 1.94 bits per heavy atom. The quantitative estimate of drug-likeness (QED) is 0.719. The van der Waals surface area contributed by atoms with Crippen LogP contribution in [-0.2, 0) is 4.74 Å². The molecule has 1 rings (SSSR count). The zero-order chi connectivity index (χ0) is 11.8. The van der Waals surface area contributed by atoms with E-state index < -0.39 is 0 Å². The number of aromatic nitrogens is 1. The summed E-state index contributed by atoms with van der Waals surface area (Å²) in [6, 6.07) is 4.42. The first-order chi connectivity index (χ1) is 7.70. The van der Waals surface area contributed by atoms with Crippen molar-refractivity contribution in [3.8, 4) is 0 Å². The van der Waals surface area contributed by atoms with E-state index >= 15 is 0 Å². The lowest BCUT2D eigenvalue weighted by molar-refractivity contribution is 0.110. The van der Waals surface area contributed by atoms with Crippen molar-refractivity contribution in [2.45, 2.75) is 26.8 Å². The lowest BCUT2D eigenvalue weighted by atomic mass is 10.1.